The number of nitrogens with zero attached hydrogens (tertiary/aromatic N) is 1. The average molecular weight is 298 g/mol. The molecule has 1 unspecified atom stereocenters. The lowest BCUT2D eigenvalue weighted by molar-refractivity contribution is -0.157. The Labute approximate surface area is 125 Å². The van der Waals surface area contributed by atoms with Gasteiger partial charge in [0.15, 0.2) is 0 Å². The second-order valence-corrected chi connectivity index (χ2v) is 5.91. The van der Waals surface area contributed by atoms with Crippen molar-refractivity contribution in [1.82, 2.24) is 10.2 Å². The number of nitrogens with one attached hydrogen (secondary N) is 1. The fourth-order valence-electron chi connectivity index (χ4n) is 3.39. The number of likely N-dealkylation sites (tertiary alicyclic amines) is 1. The largest absolute Gasteiger partial charge is 0.479 e. The number of rotatable bonds is 6. The summed E-state index contributed by atoms with van der Waals surface area (Å²) in [6.07, 6.45) is 4.24. The molecule has 1 atom stereocenters. The third-order valence-corrected chi connectivity index (χ3v) is 4.73. The molecule has 2 rings (SSSR count). The Morgan fingerprint density at radius 3 is 2.71 bits per heavy atom. The summed E-state index contributed by atoms with van der Waals surface area (Å²) in [5, 5.41) is 12.7. The first-order valence-corrected chi connectivity index (χ1v) is 7.96. The molecule has 2 heterocycles. The minimum Gasteiger partial charge on any atom is -0.479 e. The highest BCUT2D eigenvalue weighted by atomic mass is 16.5. The number of hydrogen-bond acceptors (Lipinski definition) is 4. The molecule has 0 aromatic heterocycles. The number of ether oxygens (including phenoxy) is 1. The number of carbonyl (C=O) groups is 2. The number of carbonyl (C=O) groups excluding carboxylic acids is 1. The van der Waals surface area contributed by atoms with Crippen LogP contribution in [0, 0.1) is 0 Å². The number of amides is 1. The zero-order valence-corrected chi connectivity index (χ0v) is 12.8. The van der Waals surface area contributed by atoms with E-state index in [1.54, 1.807) is 4.90 Å². The molecule has 6 heteroatoms. The van der Waals surface area contributed by atoms with E-state index in [0.717, 1.165) is 32.4 Å². The van der Waals surface area contributed by atoms with Crippen molar-refractivity contribution in [1.29, 1.82) is 0 Å². The topological polar surface area (TPSA) is 78.9 Å². The Kier molecular flexibility index (Phi) is 5.58. The minimum absolute atomic E-state index is 0.0920. The van der Waals surface area contributed by atoms with Gasteiger partial charge < -0.3 is 20.1 Å². The van der Waals surface area contributed by atoms with Crippen molar-refractivity contribution in [2.45, 2.75) is 57.1 Å². The molecule has 2 fully saturated rings. The first-order chi connectivity index (χ1) is 10.1. The van der Waals surface area contributed by atoms with Gasteiger partial charge in [-0.05, 0) is 45.2 Å². The van der Waals surface area contributed by atoms with Crippen molar-refractivity contribution in [3.8, 4) is 0 Å². The van der Waals surface area contributed by atoms with Gasteiger partial charge in [0.2, 0.25) is 5.91 Å². The molecule has 0 saturated carbocycles. The van der Waals surface area contributed by atoms with E-state index in [-0.39, 0.29) is 18.4 Å². The van der Waals surface area contributed by atoms with Gasteiger partial charge in [0.05, 0.1) is 19.1 Å². The highest BCUT2D eigenvalue weighted by molar-refractivity contribution is 5.87. The van der Waals surface area contributed by atoms with E-state index in [4.69, 9.17) is 4.74 Å². The maximum atomic E-state index is 12.3. The van der Waals surface area contributed by atoms with Gasteiger partial charge in [0.1, 0.15) is 5.54 Å². The van der Waals surface area contributed by atoms with Gasteiger partial charge >= 0.3 is 5.97 Å². The Bertz CT molecular complexity index is 382. The van der Waals surface area contributed by atoms with Crippen molar-refractivity contribution in [2.24, 2.45) is 0 Å². The van der Waals surface area contributed by atoms with Crippen LogP contribution in [0.5, 0.6) is 0 Å². The lowest BCUT2D eigenvalue weighted by Gasteiger charge is -2.34. The molecule has 0 aromatic carbocycles. The number of carboxylic acids is 1. The highest BCUT2D eigenvalue weighted by Crippen LogP contribution is 2.33. The summed E-state index contributed by atoms with van der Waals surface area (Å²) >= 11 is 0. The standard InChI is InChI=1S/C15H26N2O4/c1-2-15(14(19)20)7-3-10-17(15)13(18)6-11-21-12-4-8-16-9-5-12/h12,16H,2-11H2,1H3,(H,19,20). The molecule has 2 aliphatic heterocycles. The van der Waals surface area contributed by atoms with E-state index in [9.17, 15) is 14.7 Å². The predicted octanol–water partition coefficient (Wildman–Crippen LogP) is 1.00. The SMILES string of the molecule is CCC1(C(=O)O)CCCN1C(=O)CCOC1CCNCC1. The number of aliphatic carboxylic acids is 1. The summed E-state index contributed by atoms with van der Waals surface area (Å²) < 4.78 is 5.74. The Morgan fingerprint density at radius 2 is 2.10 bits per heavy atom. The van der Waals surface area contributed by atoms with E-state index in [1.807, 2.05) is 6.92 Å². The molecule has 21 heavy (non-hydrogen) atoms. The molecule has 0 aliphatic carbocycles. The molecular weight excluding hydrogens is 272 g/mol. The van der Waals surface area contributed by atoms with Gasteiger partial charge in [0, 0.05) is 6.54 Å². The third kappa shape index (κ3) is 3.55. The van der Waals surface area contributed by atoms with Crippen LogP contribution in [-0.4, -0.2) is 59.8 Å². The molecule has 2 aliphatic rings. The molecule has 0 bridgehead atoms. The lowest BCUT2D eigenvalue weighted by Crippen LogP contribution is -2.52. The van der Waals surface area contributed by atoms with Gasteiger partial charge in [-0.2, -0.15) is 0 Å². The fourth-order valence-corrected chi connectivity index (χ4v) is 3.39. The summed E-state index contributed by atoms with van der Waals surface area (Å²) in [4.78, 5) is 25.5. The highest BCUT2D eigenvalue weighted by Gasteiger charge is 2.48. The van der Waals surface area contributed by atoms with Crippen LogP contribution < -0.4 is 5.32 Å². The maximum Gasteiger partial charge on any atom is 0.329 e. The summed E-state index contributed by atoms with van der Waals surface area (Å²) in [5.41, 5.74) is -0.994. The molecule has 1 amide bonds. The van der Waals surface area contributed by atoms with Crippen molar-refractivity contribution in [3.05, 3.63) is 0 Å². The van der Waals surface area contributed by atoms with Crippen LogP contribution >= 0.6 is 0 Å². The molecule has 0 spiro atoms. The van der Waals surface area contributed by atoms with Gasteiger partial charge in [-0.15, -0.1) is 0 Å². The first kappa shape index (κ1) is 16.2. The van der Waals surface area contributed by atoms with E-state index in [2.05, 4.69) is 5.32 Å². The predicted molar refractivity (Wildman–Crippen MR) is 78.1 cm³/mol. The van der Waals surface area contributed by atoms with Crippen LogP contribution in [0.4, 0.5) is 0 Å². The maximum absolute atomic E-state index is 12.3. The van der Waals surface area contributed by atoms with E-state index < -0.39 is 11.5 Å². The Hall–Kier alpha value is -1.14. The summed E-state index contributed by atoms with van der Waals surface area (Å²) in [6, 6.07) is 0. The van der Waals surface area contributed by atoms with Gasteiger partial charge in [-0.25, -0.2) is 4.79 Å². The van der Waals surface area contributed by atoms with E-state index >= 15 is 0 Å². The van der Waals surface area contributed by atoms with E-state index in [1.165, 1.54) is 0 Å². The lowest BCUT2D eigenvalue weighted by atomic mass is 9.93. The third-order valence-electron chi connectivity index (χ3n) is 4.73. The molecule has 2 N–H and O–H groups in total. The number of hydrogen-bond donors (Lipinski definition) is 2. The summed E-state index contributed by atoms with van der Waals surface area (Å²) in [5.74, 6) is -0.971. The van der Waals surface area contributed by atoms with Crippen molar-refractivity contribution in [3.63, 3.8) is 0 Å². The monoisotopic (exact) mass is 298 g/mol. The van der Waals surface area contributed by atoms with E-state index in [0.29, 0.717) is 26.0 Å². The normalized spacial score (nSPS) is 27.0. The van der Waals surface area contributed by atoms with Gasteiger partial charge in [-0.1, -0.05) is 6.92 Å². The molecule has 0 radical (unpaired) electrons. The average Bonchev–Trinajstić information content (AvgIpc) is 2.93. The van der Waals surface area contributed by atoms with Gasteiger partial charge in [0.25, 0.3) is 0 Å². The number of carboxylic acid groups (broad SMARTS) is 1. The second-order valence-electron chi connectivity index (χ2n) is 5.91. The zero-order valence-electron chi connectivity index (χ0n) is 12.8. The molecule has 120 valence electrons. The van der Waals surface area contributed by atoms with Crippen molar-refractivity contribution in [2.75, 3.05) is 26.2 Å². The van der Waals surface area contributed by atoms with Crippen molar-refractivity contribution < 1.29 is 19.4 Å². The molecule has 6 nitrogen and oxygen atoms in total. The smallest absolute Gasteiger partial charge is 0.329 e. The van der Waals surface area contributed by atoms with Crippen LogP contribution in [0.25, 0.3) is 0 Å². The Balaban J connectivity index is 1.83. The van der Waals surface area contributed by atoms with Crippen LogP contribution in [0.2, 0.25) is 0 Å². The van der Waals surface area contributed by atoms with Crippen LogP contribution in [-0.2, 0) is 14.3 Å². The molecule has 0 aromatic rings. The first-order valence-electron chi connectivity index (χ1n) is 7.96. The molecular formula is C15H26N2O4. The van der Waals surface area contributed by atoms with Crippen molar-refractivity contribution >= 4 is 11.9 Å². The van der Waals surface area contributed by atoms with Crippen LogP contribution in [0.3, 0.4) is 0 Å². The fraction of sp³-hybridized carbons (Fsp3) is 0.867. The summed E-state index contributed by atoms with van der Waals surface area (Å²) in [6.45, 7) is 4.70. The summed E-state index contributed by atoms with van der Waals surface area (Å²) in [7, 11) is 0. The van der Waals surface area contributed by atoms with Gasteiger partial charge in [-0.3, -0.25) is 4.79 Å². The zero-order chi connectivity index (χ0) is 15.3. The van der Waals surface area contributed by atoms with Crippen LogP contribution in [0.1, 0.15) is 45.4 Å². The van der Waals surface area contributed by atoms with Crippen LogP contribution in [0.15, 0.2) is 0 Å². The number of piperidine rings is 1. The molecule has 2 saturated heterocycles. The Morgan fingerprint density at radius 1 is 1.38 bits per heavy atom. The quantitative estimate of drug-likeness (QED) is 0.765. The second kappa shape index (κ2) is 7.22. The minimum atomic E-state index is -0.994.